The van der Waals surface area contributed by atoms with E-state index in [0.717, 1.165) is 31.6 Å². The summed E-state index contributed by atoms with van der Waals surface area (Å²) in [7, 11) is 0. The molecule has 1 aromatic rings. The molecule has 0 saturated carbocycles. The first-order chi connectivity index (χ1) is 9.33. The van der Waals surface area contributed by atoms with Gasteiger partial charge in [0.05, 0.1) is 6.10 Å². The van der Waals surface area contributed by atoms with Crippen molar-refractivity contribution in [3.8, 4) is 11.5 Å². The molecule has 2 aliphatic heterocycles. The monoisotopic (exact) mass is 262 g/mol. The van der Waals surface area contributed by atoms with Crippen LogP contribution in [0.3, 0.4) is 0 Å². The summed E-state index contributed by atoms with van der Waals surface area (Å²) in [6, 6.07) is 5.39. The maximum atomic E-state index is 12.2. The van der Waals surface area contributed by atoms with E-state index < -0.39 is 0 Å². The first-order valence-electron chi connectivity index (χ1n) is 6.87. The number of hydrogen-bond acceptors (Lipinski definition) is 4. The van der Waals surface area contributed by atoms with E-state index in [2.05, 4.69) is 0 Å². The molecule has 4 heteroatoms. The summed E-state index contributed by atoms with van der Waals surface area (Å²) in [6.07, 6.45) is 3.78. The Morgan fingerprint density at radius 1 is 1.11 bits per heavy atom. The van der Waals surface area contributed by atoms with Crippen molar-refractivity contribution in [1.29, 1.82) is 0 Å². The Bertz CT molecular complexity index is 463. The molecule has 0 radical (unpaired) electrons. The molecule has 1 aromatic carbocycles. The number of ether oxygens (including phenoxy) is 3. The van der Waals surface area contributed by atoms with Crippen LogP contribution in [0.4, 0.5) is 0 Å². The highest BCUT2D eigenvalue weighted by molar-refractivity contribution is 5.97. The van der Waals surface area contributed by atoms with Gasteiger partial charge in [-0.3, -0.25) is 4.79 Å². The largest absolute Gasteiger partial charge is 0.486 e. The molecule has 4 nitrogen and oxygen atoms in total. The molecule has 0 aliphatic carbocycles. The predicted molar refractivity (Wildman–Crippen MR) is 70.0 cm³/mol. The number of carbonyl (C=O) groups is 1. The maximum Gasteiger partial charge on any atom is 0.165 e. The molecular weight excluding hydrogens is 244 g/mol. The third-order valence-corrected chi connectivity index (χ3v) is 3.55. The van der Waals surface area contributed by atoms with Gasteiger partial charge in [-0.05, 0) is 37.5 Å². The average molecular weight is 262 g/mol. The average Bonchev–Trinajstić information content (AvgIpc) is 2.48. The van der Waals surface area contributed by atoms with Gasteiger partial charge in [-0.2, -0.15) is 0 Å². The summed E-state index contributed by atoms with van der Waals surface area (Å²) in [5.74, 6) is 1.50. The summed E-state index contributed by atoms with van der Waals surface area (Å²) in [5, 5.41) is 0. The number of Topliss-reactive ketones (excluding diaryl/α,β-unsaturated/α-hetero) is 1. The highest BCUT2D eigenvalue weighted by Gasteiger charge is 2.20. The standard InChI is InChI=1S/C15H18O4/c16-13(10-12-3-1-2-6-17-12)11-4-5-14-15(9-11)19-8-7-18-14/h4-5,9,12H,1-3,6-8,10H2. The van der Waals surface area contributed by atoms with Crippen LogP contribution < -0.4 is 9.47 Å². The number of fused-ring (bicyclic) bond motifs is 1. The normalized spacial score (nSPS) is 22.0. The van der Waals surface area contributed by atoms with Gasteiger partial charge in [0.2, 0.25) is 0 Å². The van der Waals surface area contributed by atoms with Gasteiger partial charge in [-0.15, -0.1) is 0 Å². The Hall–Kier alpha value is -1.55. The minimum absolute atomic E-state index is 0.0782. The third kappa shape index (κ3) is 2.89. The van der Waals surface area contributed by atoms with Gasteiger partial charge in [0.25, 0.3) is 0 Å². The minimum Gasteiger partial charge on any atom is -0.486 e. The molecule has 2 heterocycles. The second kappa shape index (κ2) is 5.61. The quantitative estimate of drug-likeness (QED) is 0.785. The maximum absolute atomic E-state index is 12.2. The number of hydrogen-bond donors (Lipinski definition) is 0. The summed E-state index contributed by atoms with van der Waals surface area (Å²) < 4.78 is 16.5. The predicted octanol–water partition coefficient (Wildman–Crippen LogP) is 2.60. The van der Waals surface area contributed by atoms with Crippen LogP contribution in [0.5, 0.6) is 11.5 Å². The van der Waals surface area contributed by atoms with Crippen LogP contribution in [-0.2, 0) is 4.74 Å². The van der Waals surface area contributed by atoms with E-state index in [-0.39, 0.29) is 11.9 Å². The highest BCUT2D eigenvalue weighted by atomic mass is 16.6. The molecule has 102 valence electrons. The van der Waals surface area contributed by atoms with E-state index in [4.69, 9.17) is 14.2 Å². The second-order valence-corrected chi connectivity index (χ2v) is 4.97. The minimum atomic E-state index is 0.0782. The molecule has 0 spiro atoms. The molecule has 0 bridgehead atoms. The molecule has 3 rings (SSSR count). The van der Waals surface area contributed by atoms with Crippen LogP contribution in [0, 0.1) is 0 Å². The van der Waals surface area contributed by atoms with Crippen molar-refractivity contribution < 1.29 is 19.0 Å². The Morgan fingerprint density at radius 3 is 2.74 bits per heavy atom. The Morgan fingerprint density at radius 2 is 1.95 bits per heavy atom. The summed E-state index contributed by atoms with van der Waals surface area (Å²) in [5.41, 5.74) is 0.679. The van der Waals surface area contributed by atoms with E-state index in [0.29, 0.717) is 30.9 Å². The van der Waals surface area contributed by atoms with Gasteiger partial charge < -0.3 is 14.2 Å². The van der Waals surface area contributed by atoms with Crippen LogP contribution >= 0.6 is 0 Å². The third-order valence-electron chi connectivity index (χ3n) is 3.55. The van der Waals surface area contributed by atoms with E-state index in [1.807, 2.05) is 6.07 Å². The molecular formula is C15H18O4. The lowest BCUT2D eigenvalue weighted by molar-refractivity contribution is 0.0129. The Balaban J connectivity index is 1.69. The fourth-order valence-corrected chi connectivity index (χ4v) is 2.51. The van der Waals surface area contributed by atoms with Crippen LogP contribution in [0.15, 0.2) is 18.2 Å². The Kier molecular flexibility index (Phi) is 3.69. The van der Waals surface area contributed by atoms with Crippen molar-refractivity contribution in [3.63, 3.8) is 0 Å². The van der Waals surface area contributed by atoms with Crippen molar-refractivity contribution >= 4 is 5.78 Å². The van der Waals surface area contributed by atoms with Crippen molar-refractivity contribution in [3.05, 3.63) is 23.8 Å². The Labute approximate surface area is 112 Å². The summed E-state index contributed by atoms with van der Waals surface area (Å²) in [6.45, 7) is 1.88. The molecule has 1 unspecified atom stereocenters. The van der Waals surface area contributed by atoms with E-state index in [9.17, 15) is 4.79 Å². The zero-order valence-electron chi connectivity index (χ0n) is 10.9. The molecule has 0 aromatic heterocycles. The van der Waals surface area contributed by atoms with Gasteiger partial charge in [-0.25, -0.2) is 0 Å². The lowest BCUT2D eigenvalue weighted by Gasteiger charge is -2.22. The molecule has 19 heavy (non-hydrogen) atoms. The molecule has 0 amide bonds. The number of rotatable bonds is 3. The second-order valence-electron chi connectivity index (χ2n) is 4.97. The van der Waals surface area contributed by atoms with Gasteiger partial charge in [-0.1, -0.05) is 0 Å². The van der Waals surface area contributed by atoms with Crippen LogP contribution in [-0.4, -0.2) is 31.7 Å². The van der Waals surface area contributed by atoms with Crippen LogP contribution in [0.2, 0.25) is 0 Å². The van der Waals surface area contributed by atoms with Crippen molar-refractivity contribution in [2.45, 2.75) is 31.8 Å². The van der Waals surface area contributed by atoms with Crippen LogP contribution in [0.1, 0.15) is 36.0 Å². The van der Waals surface area contributed by atoms with Crippen molar-refractivity contribution in [2.75, 3.05) is 19.8 Å². The van der Waals surface area contributed by atoms with Gasteiger partial charge in [0.15, 0.2) is 17.3 Å². The molecule has 1 atom stereocenters. The highest BCUT2D eigenvalue weighted by Crippen LogP contribution is 2.31. The van der Waals surface area contributed by atoms with E-state index >= 15 is 0 Å². The lowest BCUT2D eigenvalue weighted by atomic mass is 10.00. The molecule has 1 fully saturated rings. The van der Waals surface area contributed by atoms with Gasteiger partial charge >= 0.3 is 0 Å². The number of carbonyl (C=O) groups excluding carboxylic acids is 1. The zero-order valence-corrected chi connectivity index (χ0v) is 10.9. The fraction of sp³-hybridized carbons (Fsp3) is 0.533. The SMILES string of the molecule is O=C(CC1CCCCO1)c1ccc2c(c1)OCCO2. The van der Waals surface area contributed by atoms with E-state index in [1.54, 1.807) is 12.1 Å². The number of benzene rings is 1. The first kappa shape index (κ1) is 12.5. The first-order valence-corrected chi connectivity index (χ1v) is 6.87. The van der Waals surface area contributed by atoms with Gasteiger partial charge in [0.1, 0.15) is 13.2 Å². The topological polar surface area (TPSA) is 44.8 Å². The lowest BCUT2D eigenvalue weighted by Crippen LogP contribution is -2.22. The molecule has 1 saturated heterocycles. The fourth-order valence-electron chi connectivity index (χ4n) is 2.51. The van der Waals surface area contributed by atoms with E-state index in [1.165, 1.54) is 0 Å². The summed E-state index contributed by atoms with van der Waals surface area (Å²) in [4.78, 5) is 12.2. The molecule has 2 aliphatic rings. The van der Waals surface area contributed by atoms with Crippen LogP contribution in [0.25, 0.3) is 0 Å². The van der Waals surface area contributed by atoms with Gasteiger partial charge in [0, 0.05) is 18.6 Å². The smallest absolute Gasteiger partial charge is 0.165 e. The summed E-state index contributed by atoms with van der Waals surface area (Å²) >= 11 is 0. The van der Waals surface area contributed by atoms with Crippen molar-refractivity contribution in [1.82, 2.24) is 0 Å². The molecule has 0 N–H and O–H groups in total. The van der Waals surface area contributed by atoms with Crippen molar-refractivity contribution in [2.24, 2.45) is 0 Å². The number of ketones is 1. The zero-order chi connectivity index (χ0) is 13.1.